The van der Waals surface area contributed by atoms with Crippen LogP contribution in [0.2, 0.25) is 0 Å². The fraction of sp³-hybridized carbons (Fsp3) is 0.469. The molecule has 0 aliphatic carbocycles. The average molecular weight is 645 g/mol. The molecule has 2 aromatic rings. The second-order valence-corrected chi connectivity index (χ2v) is 9.86. The number of fused-ring (bicyclic) bond motifs is 1. The van der Waals surface area contributed by atoms with Gasteiger partial charge in [0.15, 0.2) is 18.0 Å². The molecule has 0 amide bonds. The molecule has 2 heterocycles. The lowest BCUT2D eigenvalue weighted by atomic mass is 9.98. The van der Waals surface area contributed by atoms with Crippen molar-refractivity contribution >= 4 is 34.8 Å². The zero-order valence-corrected chi connectivity index (χ0v) is 26.3. The quantitative estimate of drug-likeness (QED) is 0.0776. The van der Waals surface area contributed by atoms with Gasteiger partial charge in [0.25, 0.3) is 5.75 Å². The summed E-state index contributed by atoms with van der Waals surface area (Å²) in [5.41, 5.74) is -0.928. The smallest absolute Gasteiger partial charge is 0.384 e. The van der Waals surface area contributed by atoms with Gasteiger partial charge in [-0.1, -0.05) is 25.0 Å². The molecule has 14 heteroatoms. The maximum absolute atomic E-state index is 13.1. The van der Waals surface area contributed by atoms with E-state index in [1.54, 1.807) is 12.1 Å². The minimum Gasteiger partial charge on any atom is -0.493 e. The van der Waals surface area contributed by atoms with Crippen LogP contribution in [0.4, 0.5) is 0 Å². The summed E-state index contributed by atoms with van der Waals surface area (Å²) in [4.78, 5) is 61.3. The first-order valence-corrected chi connectivity index (χ1v) is 14.4. The molecule has 1 fully saturated rings. The lowest BCUT2D eigenvalue weighted by molar-refractivity contribution is -0.288. The fourth-order valence-corrected chi connectivity index (χ4v) is 4.46. The Morgan fingerprint density at radius 3 is 2.20 bits per heavy atom. The average Bonchev–Trinajstić information content (AvgIpc) is 2.97. The first-order valence-electron chi connectivity index (χ1n) is 14.4. The van der Waals surface area contributed by atoms with E-state index in [1.165, 1.54) is 13.0 Å². The van der Waals surface area contributed by atoms with Gasteiger partial charge < -0.3 is 42.3 Å². The lowest BCUT2D eigenvalue weighted by Gasteiger charge is -2.43. The van der Waals surface area contributed by atoms with E-state index in [9.17, 15) is 24.0 Å². The molecule has 1 aliphatic heterocycles. The minimum atomic E-state index is -1.65. The first kappa shape index (κ1) is 35.4. The van der Waals surface area contributed by atoms with E-state index in [-0.39, 0.29) is 16.7 Å². The second-order valence-electron chi connectivity index (χ2n) is 9.86. The first-order chi connectivity index (χ1) is 21.9. The summed E-state index contributed by atoms with van der Waals surface area (Å²) in [5, 5.41) is 0.207. The van der Waals surface area contributed by atoms with E-state index in [1.807, 2.05) is 19.1 Å². The van der Waals surface area contributed by atoms with Gasteiger partial charge in [0.05, 0.1) is 12.0 Å². The standard InChI is InChI=1S/C32H36O14/c1-7-9-10-11-15-38-22-12-13-23-24(16-22)44-31(37)29(39-14-8-2)26(23)46-32-30(43-21(6)36)28(42-20(5)35)27(41-19(4)34)25(45-32)17-40-18(3)33/h9-10,12-13,16,25,27-28,30,32H,7,11,15,17H2,1-6H3/b10-9+/t25-,27-,28+,30+,32-/m1/s1. The molecule has 1 saturated heterocycles. The van der Waals surface area contributed by atoms with Crippen molar-refractivity contribution in [1.82, 2.24) is 0 Å². The van der Waals surface area contributed by atoms with Crippen LogP contribution in [0.3, 0.4) is 0 Å². The number of rotatable bonds is 13. The molecule has 0 saturated carbocycles. The van der Waals surface area contributed by atoms with Crippen molar-refractivity contribution in [2.75, 3.05) is 13.2 Å². The van der Waals surface area contributed by atoms with Crippen LogP contribution in [-0.2, 0) is 42.9 Å². The molecule has 0 N–H and O–H groups in total. The fourth-order valence-electron chi connectivity index (χ4n) is 4.46. The van der Waals surface area contributed by atoms with E-state index < -0.39 is 72.6 Å². The molecule has 1 aliphatic rings. The molecule has 0 bridgehead atoms. The van der Waals surface area contributed by atoms with Crippen LogP contribution in [-0.4, -0.2) is 67.8 Å². The zero-order valence-electron chi connectivity index (χ0n) is 26.3. The maximum Gasteiger partial charge on any atom is 0.384 e. The van der Waals surface area contributed by atoms with Crippen LogP contribution in [0.5, 0.6) is 17.2 Å². The van der Waals surface area contributed by atoms with E-state index in [0.29, 0.717) is 18.8 Å². The molecule has 3 rings (SSSR count). The zero-order chi connectivity index (χ0) is 33.8. The molecule has 0 radical (unpaired) electrons. The Labute approximate surface area is 264 Å². The molecular weight excluding hydrogens is 608 g/mol. The van der Waals surface area contributed by atoms with Crippen LogP contribution in [0.1, 0.15) is 54.4 Å². The molecular formula is C32H36O14. The summed E-state index contributed by atoms with van der Waals surface area (Å²) >= 11 is 0. The Morgan fingerprint density at radius 1 is 0.891 bits per heavy atom. The van der Waals surface area contributed by atoms with Gasteiger partial charge in [0, 0.05) is 40.7 Å². The summed E-state index contributed by atoms with van der Waals surface area (Å²) in [7, 11) is 0. The van der Waals surface area contributed by atoms with Crippen LogP contribution in [0.15, 0.2) is 39.6 Å². The number of hydrogen-bond acceptors (Lipinski definition) is 14. The molecule has 0 unspecified atom stereocenters. The topological polar surface area (TPSA) is 172 Å². The van der Waals surface area contributed by atoms with E-state index >= 15 is 0 Å². The van der Waals surface area contributed by atoms with Crippen molar-refractivity contribution in [3.63, 3.8) is 0 Å². The third-order valence-corrected chi connectivity index (χ3v) is 6.18. The summed E-state index contributed by atoms with van der Waals surface area (Å²) < 4.78 is 50.3. The molecule has 248 valence electrons. The number of ether oxygens (including phenoxy) is 8. The normalized spacial score (nSPS) is 20.6. The highest BCUT2D eigenvalue weighted by Crippen LogP contribution is 2.38. The Hall–Kier alpha value is -5.03. The van der Waals surface area contributed by atoms with E-state index in [0.717, 1.165) is 34.1 Å². The second kappa shape index (κ2) is 16.9. The molecule has 0 spiro atoms. The highest BCUT2D eigenvalue weighted by Gasteiger charge is 2.53. The molecule has 5 atom stereocenters. The molecule has 14 nitrogen and oxygen atoms in total. The number of hydrogen-bond donors (Lipinski definition) is 0. The van der Waals surface area contributed by atoms with Crippen molar-refractivity contribution in [2.45, 2.75) is 85.1 Å². The molecule has 1 aromatic carbocycles. The molecule has 46 heavy (non-hydrogen) atoms. The number of carbonyl (C=O) groups is 4. The monoisotopic (exact) mass is 644 g/mol. The maximum atomic E-state index is 13.1. The Kier molecular flexibility index (Phi) is 13.0. The van der Waals surface area contributed by atoms with Crippen LogP contribution < -0.4 is 19.8 Å². The number of esters is 4. The third kappa shape index (κ3) is 9.73. The predicted molar refractivity (Wildman–Crippen MR) is 159 cm³/mol. The lowest BCUT2D eigenvalue weighted by Crippen LogP contribution is -2.63. The Bertz CT molecular complexity index is 1560. The van der Waals surface area contributed by atoms with E-state index in [2.05, 4.69) is 12.0 Å². The predicted octanol–water partition coefficient (Wildman–Crippen LogP) is 3.35. The van der Waals surface area contributed by atoms with Gasteiger partial charge in [0.1, 0.15) is 30.1 Å². The SMILES string of the molecule is CC#COc1c(O[C@H]2O[C@H](COC(C)=O)[C@@H](OC(C)=O)[C@H](OC(C)=O)[C@@H]2OC(C)=O)c2ccc(OCC/C=C/CC)cc2oc1=O. The van der Waals surface area contributed by atoms with Gasteiger partial charge in [-0.15, -0.1) is 0 Å². The van der Waals surface area contributed by atoms with Gasteiger partial charge in [-0.3, -0.25) is 19.2 Å². The summed E-state index contributed by atoms with van der Waals surface area (Å²) in [6.45, 7) is 7.82. The van der Waals surface area contributed by atoms with E-state index in [4.69, 9.17) is 42.3 Å². The highest BCUT2D eigenvalue weighted by atomic mass is 16.7. The van der Waals surface area contributed by atoms with Gasteiger partial charge in [0.2, 0.25) is 12.4 Å². The summed E-state index contributed by atoms with van der Waals surface area (Å²) in [6, 6.07) is 4.64. The summed E-state index contributed by atoms with van der Waals surface area (Å²) in [6.07, 6.45) is 0.470. The van der Waals surface area contributed by atoms with Crippen molar-refractivity contribution in [3.05, 3.63) is 40.8 Å². The van der Waals surface area contributed by atoms with Crippen molar-refractivity contribution in [1.29, 1.82) is 0 Å². The van der Waals surface area contributed by atoms with Gasteiger partial charge in [-0.25, -0.2) is 4.79 Å². The van der Waals surface area contributed by atoms with Gasteiger partial charge in [-0.05, 0) is 25.0 Å². The minimum absolute atomic E-state index is 0.0454. The molecule has 1 aromatic heterocycles. The Morgan fingerprint density at radius 2 is 1.57 bits per heavy atom. The van der Waals surface area contributed by atoms with Gasteiger partial charge in [-0.2, -0.15) is 0 Å². The van der Waals surface area contributed by atoms with Crippen molar-refractivity contribution in [2.24, 2.45) is 0 Å². The highest BCUT2D eigenvalue weighted by molar-refractivity contribution is 5.86. The number of carbonyl (C=O) groups excluding carboxylic acids is 4. The largest absolute Gasteiger partial charge is 0.493 e. The third-order valence-electron chi connectivity index (χ3n) is 6.18. The van der Waals surface area contributed by atoms with Crippen molar-refractivity contribution in [3.8, 4) is 29.3 Å². The van der Waals surface area contributed by atoms with Crippen LogP contribution in [0.25, 0.3) is 11.0 Å². The van der Waals surface area contributed by atoms with Crippen LogP contribution >= 0.6 is 0 Å². The van der Waals surface area contributed by atoms with Crippen LogP contribution in [0, 0.1) is 12.0 Å². The Balaban J connectivity index is 2.14. The van der Waals surface area contributed by atoms with Crippen molar-refractivity contribution < 1.29 is 61.5 Å². The number of benzene rings is 1. The van der Waals surface area contributed by atoms with Gasteiger partial charge >= 0.3 is 29.5 Å². The summed E-state index contributed by atoms with van der Waals surface area (Å²) in [5.74, 6) is -0.922. The number of allylic oxidation sites excluding steroid dienone is 1.